The lowest BCUT2D eigenvalue weighted by atomic mass is 9.85. The topological polar surface area (TPSA) is 112 Å². The van der Waals surface area contributed by atoms with E-state index in [1.807, 2.05) is 28.8 Å². The molecule has 0 saturated heterocycles. The van der Waals surface area contributed by atoms with Crippen molar-refractivity contribution in [1.82, 2.24) is 24.5 Å². The first kappa shape index (κ1) is 18.3. The second-order valence-corrected chi connectivity index (χ2v) is 8.55. The van der Waals surface area contributed by atoms with Gasteiger partial charge in [-0.3, -0.25) is 4.79 Å². The van der Waals surface area contributed by atoms with Crippen LogP contribution in [-0.2, 0) is 4.79 Å². The highest BCUT2D eigenvalue weighted by Crippen LogP contribution is 2.35. The maximum absolute atomic E-state index is 12.7. The number of nitrogens with two attached hydrogens (primary N) is 1. The highest BCUT2D eigenvalue weighted by molar-refractivity contribution is 7.22. The van der Waals surface area contributed by atoms with Gasteiger partial charge in [-0.05, 0) is 49.4 Å². The van der Waals surface area contributed by atoms with Crippen LogP contribution in [0.15, 0.2) is 30.6 Å². The summed E-state index contributed by atoms with van der Waals surface area (Å²) in [5.74, 6) is 0.284. The van der Waals surface area contributed by atoms with Crippen molar-refractivity contribution in [1.29, 1.82) is 0 Å². The molecule has 0 aliphatic heterocycles. The van der Waals surface area contributed by atoms with Crippen molar-refractivity contribution < 1.29 is 4.79 Å². The standard InChI is InChI=1S/C19H18ClN7OS/c20-18-24-15(21)14-16(25-18)27(9-22-14)11-7-5-10(6-8-11)17(28)26-19-23-12-3-1-2-4-13(12)29-19/h1-4,9-11H,5-8H2,(H2,21,24,25)(H,23,26,28). The molecular weight excluding hydrogens is 410 g/mol. The van der Waals surface area contributed by atoms with Gasteiger partial charge in [0.15, 0.2) is 16.6 Å². The van der Waals surface area contributed by atoms with Crippen LogP contribution < -0.4 is 11.1 Å². The van der Waals surface area contributed by atoms with E-state index in [1.54, 1.807) is 6.33 Å². The Morgan fingerprint density at radius 1 is 1.17 bits per heavy atom. The summed E-state index contributed by atoms with van der Waals surface area (Å²) < 4.78 is 3.07. The third-order valence-corrected chi connectivity index (χ3v) is 6.53. The molecule has 8 nitrogen and oxygen atoms in total. The monoisotopic (exact) mass is 427 g/mol. The van der Waals surface area contributed by atoms with Crippen LogP contribution in [0.2, 0.25) is 5.28 Å². The summed E-state index contributed by atoms with van der Waals surface area (Å²) >= 11 is 7.46. The average molecular weight is 428 g/mol. The molecule has 3 heterocycles. The smallest absolute Gasteiger partial charge is 0.229 e. The summed E-state index contributed by atoms with van der Waals surface area (Å²) in [6.07, 6.45) is 5.01. The Morgan fingerprint density at radius 2 is 1.97 bits per heavy atom. The van der Waals surface area contributed by atoms with Crippen LogP contribution in [0.1, 0.15) is 31.7 Å². The maximum atomic E-state index is 12.7. The maximum Gasteiger partial charge on any atom is 0.229 e. The van der Waals surface area contributed by atoms with E-state index in [-0.39, 0.29) is 29.0 Å². The molecule has 1 amide bonds. The Bertz CT molecular complexity index is 1180. The highest BCUT2D eigenvalue weighted by Gasteiger charge is 2.29. The first-order chi connectivity index (χ1) is 14.1. The van der Waals surface area contributed by atoms with Gasteiger partial charge in [-0.1, -0.05) is 23.5 Å². The largest absolute Gasteiger partial charge is 0.382 e. The molecule has 4 aromatic rings. The van der Waals surface area contributed by atoms with Gasteiger partial charge >= 0.3 is 0 Å². The number of imidazole rings is 1. The molecule has 0 unspecified atom stereocenters. The van der Waals surface area contributed by atoms with E-state index in [9.17, 15) is 4.79 Å². The number of rotatable bonds is 3. The van der Waals surface area contributed by atoms with Crippen LogP contribution in [0.25, 0.3) is 21.4 Å². The lowest BCUT2D eigenvalue weighted by Crippen LogP contribution is -2.28. The van der Waals surface area contributed by atoms with Gasteiger partial charge in [-0.15, -0.1) is 0 Å². The Kier molecular flexibility index (Phi) is 4.56. The minimum absolute atomic E-state index is 0.0312. The van der Waals surface area contributed by atoms with Crippen LogP contribution in [0.3, 0.4) is 0 Å². The van der Waals surface area contributed by atoms with E-state index < -0.39 is 0 Å². The van der Waals surface area contributed by atoms with Crippen molar-refractivity contribution in [3.8, 4) is 0 Å². The van der Waals surface area contributed by atoms with E-state index >= 15 is 0 Å². The third-order valence-electron chi connectivity index (χ3n) is 5.41. The molecule has 1 fully saturated rings. The fourth-order valence-corrected chi connectivity index (χ4v) is 4.97. The molecule has 0 spiro atoms. The number of nitrogens with zero attached hydrogens (tertiary/aromatic N) is 5. The molecule has 148 valence electrons. The van der Waals surface area contributed by atoms with Crippen molar-refractivity contribution in [2.45, 2.75) is 31.7 Å². The zero-order valence-electron chi connectivity index (χ0n) is 15.4. The summed E-state index contributed by atoms with van der Waals surface area (Å²) in [6, 6.07) is 8.08. The molecule has 29 heavy (non-hydrogen) atoms. The van der Waals surface area contributed by atoms with Gasteiger partial charge in [0.25, 0.3) is 0 Å². The molecule has 3 N–H and O–H groups in total. The quantitative estimate of drug-likeness (QED) is 0.477. The predicted molar refractivity (Wildman–Crippen MR) is 114 cm³/mol. The molecule has 1 aliphatic rings. The van der Waals surface area contributed by atoms with Crippen LogP contribution >= 0.6 is 22.9 Å². The Morgan fingerprint density at radius 3 is 2.76 bits per heavy atom. The Balaban J connectivity index is 1.27. The number of hydrogen-bond donors (Lipinski definition) is 2. The number of aromatic nitrogens is 5. The molecule has 10 heteroatoms. The number of hydrogen-bond acceptors (Lipinski definition) is 7. The Labute approximate surface area is 175 Å². The second-order valence-electron chi connectivity index (χ2n) is 7.18. The van der Waals surface area contributed by atoms with Gasteiger partial charge in [-0.25, -0.2) is 9.97 Å². The molecule has 1 saturated carbocycles. The minimum atomic E-state index is -0.0312. The number of para-hydroxylation sites is 1. The van der Waals surface area contributed by atoms with Crippen LogP contribution in [0.5, 0.6) is 0 Å². The summed E-state index contributed by atoms with van der Waals surface area (Å²) in [7, 11) is 0. The number of nitrogen functional groups attached to an aromatic ring is 1. The first-order valence-corrected chi connectivity index (χ1v) is 10.6. The van der Waals surface area contributed by atoms with E-state index in [4.69, 9.17) is 17.3 Å². The van der Waals surface area contributed by atoms with Crippen molar-refractivity contribution in [2.75, 3.05) is 11.1 Å². The number of anilines is 2. The molecule has 0 bridgehead atoms. The van der Waals surface area contributed by atoms with E-state index in [0.717, 1.165) is 35.9 Å². The lowest BCUT2D eigenvalue weighted by Gasteiger charge is -2.28. The van der Waals surface area contributed by atoms with Crippen molar-refractivity contribution in [3.05, 3.63) is 35.9 Å². The number of amides is 1. The number of carbonyl (C=O) groups excluding carboxylic acids is 1. The third kappa shape index (κ3) is 3.40. The highest BCUT2D eigenvalue weighted by atomic mass is 35.5. The zero-order chi connectivity index (χ0) is 20.0. The van der Waals surface area contributed by atoms with E-state index in [0.29, 0.717) is 16.3 Å². The van der Waals surface area contributed by atoms with Gasteiger partial charge in [0.1, 0.15) is 5.52 Å². The molecule has 5 rings (SSSR count). The SMILES string of the molecule is Nc1nc(Cl)nc2c1ncn2C1CCC(C(=O)Nc2nc3ccccc3s2)CC1. The molecule has 0 radical (unpaired) electrons. The normalized spacial score (nSPS) is 19.6. The van der Waals surface area contributed by atoms with Gasteiger partial charge in [0.2, 0.25) is 11.2 Å². The zero-order valence-corrected chi connectivity index (χ0v) is 17.0. The number of fused-ring (bicyclic) bond motifs is 2. The van der Waals surface area contributed by atoms with Crippen LogP contribution in [0.4, 0.5) is 10.9 Å². The molecular formula is C19H18ClN7OS. The average Bonchev–Trinajstić information content (AvgIpc) is 3.31. The van der Waals surface area contributed by atoms with Gasteiger partial charge in [-0.2, -0.15) is 9.97 Å². The Hall–Kier alpha value is -2.78. The number of thiazole rings is 1. The fraction of sp³-hybridized carbons (Fsp3) is 0.316. The molecule has 1 aliphatic carbocycles. The van der Waals surface area contributed by atoms with Gasteiger partial charge < -0.3 is 15.6 Å². The summed E-state index contributed by atoms with van der Waals surface area (Å²) in [4.78, 5) is 29.8. The minimum Gasteiger partial charge on any atom is -0.382 e. The van der Waals surface area contributed by atoms with Crippen molar-refractivity contribution in [3.63, 3.8) is 0 Å². The van der Waals surface area contributed by atoms with Gasteiger partial charge in [0.05, 0.1) is 16.5 Å². The van der Waals surface area contributed by atoms with E-state index in [1.165, 1.54) is 11.3 Å². The van der Waals surface area contributed by atoms with Gasteiger partial charge in [0, 0.05) is 12.0 Å². The fourth-order valence-electron chi connectivity index (χ4n) is 3.93. The molecule has 3 aromatic heterocycles. The van der Waals surface area contributed by atoms with E-state index in [2.05, 4.69) is 25.3 Å². The van der Waals surface area contributed by atoms with Crippen molar-refractivity contribution in [2.24, 2.45) is 5.92 Å². The predicted octanol–water partition coefficient (Wildman–Crippen LogP) is 4.04. The van der Waals surface area contributed by atoms with Crippen LogP contribution in [-0.4, -0.2) is 30.4 Å². The second kappa shape index (κ2) is 7.23. The first-order valence-electron chi connectivity index (χ1n) is 9.40. The summed E-state index contributed by atoms with van der Waals surface area (Å²) in [5.41, 5.74) is 8.00. The number of halogens is 1. The summed E-state index contributed by atoms with van der Waals surface area (Å²) in [6.45, 7) is 0. The number of nitrogens with one attached hydrogen (secondary N) is 1. The van der Waals surface area contributed by atoms with Crippen LogP contribution in [0, 0.1) is 5.92 Å². The van der Waals surface area contributed by atoms with Crippen molar-refractivity contribution >= 4 is 61.2 Å². The molecule has 1 aromatic carbocycles. The number of benzene rings is 1. The number of carbonyl (C=O) groups is 1. The molecule has 0 atom stereocenters. The lowest BCUT2D eigenvalue weighted by molar-refractivity contribution is -0.120. The summed E-state index contributed by atoms with van der Waals surface area (Å²) in [5, 5.41) is 3.76.